The molecular formula is C22H16F3N5O4. The second kappa shape index (κ2) is 8.48. The van der Waals surface area contributed by atoms with Gasteiger partial charge in [0.15, 0.2) is 0 Å². The summed E-state index contributed by atoms with van der Waals surface area (Å²) in [6, 6.07) is 8.61. The van der Waals surface area contributed by atoms with Crippen LogP contribution in [0.4, 0.5) is 18.0 Å². The molecular weight excluding hydrogens is 455 g/mol. The maximum Gasteiger partial charge on any atom is 0.417 e. The van der Waals surface area contributed by atoms with Gasteiger partial charge in [-0.3, -0.25) is 9.36 Å². The van der Waals surface area contributed by atoms with Crippen molar-refractivity contribution in [3.63, 3.8) is 0 Å². The molecule has 0 spiro atoms. The zero-order valence-corrected chi connectivity index (χ0v) is 17.2. The van der Waals surface area contributed by atoms with E-state index in [0.717, 1.165) is 22.9 Å². The van der Waals surface area contributed by atoms with Crippen LogP contribution >= 0.6 is 0 Å². The maximum absolute atomic E-state index is 13.9. The summed E-state index contributed by atoms with van der Waals surface area (Å²) in [5, 5.41) is 9.74. The molecule has 174 valence electrons. The van der Waals surface area contributed by atoms with E-state index in [2.05, 4.69) is 9.97 Å². The number of benzene rings is 2. The first-order chi connectivity index (χ1) is 16.1. The number of fused-ring (bicyclic) bond motifs is 1. The first kappa shape index (κ1) is 22.7. The fraction of sp³-hybridized carbons (Fsp3) is 0.0909. The maximum atomic E-state index is 13.9. The number of carbonyl (C=O) groups is 2. The zero-order valence-electron chi connectivity index (χ0n) is 17.2. The van der Waals surface area contributed by atoms with Crippen molar-refractivity contribution in [2.45, 2.75) is 12.7 Å². The van der Waals surface area contributed by atoms with Gasteiger partial charge in [-0.25, -0.2) is 14.8 Å². The molecule has 0 saturated heterocycles. The number of ether oxygens (including phenoxy) is 1. The van der Waals surface area contributed by atoms with Crippen LogP contribution in [0, 0.1) is 0 Å². The van der Waals surface area contributed by atoms with Gasteiger partial charge in [-0.15, -0.1) is 0 Å². The molecule has 4 rings (SSSR count). The monoisotopic (exact) mass is 471 g/mol. The number of hydrogen-bond acceptors (Lipinski definition) is 6. The van der Waals surface area contributed by atoms with Crippen molar-refractivity contribution in [2.75, 3.05) is 0 Å². The summed E-state index contributed by atoms with van der Waals surface area (Å²) in [6.45, 7) is 0.144. The van der Waals surface area contributed by atoms with Gasteiger partial charge in [-0.05, 0) is 35.9 Å². The summed E-state index contributed by atoms with van der Waals surface area (Å²) in [5.74, 6) is -0.681. The standard InChI is InChI=1S/C22H16F3N5O4/c23-22(24,25)17-5-11(20(27)31)1-3-14(17)16-9-30(21(32)33)18-4-2-13(7-15(16)18)34-19-6-12(8-26)28-10-29-19/h1-7,9-10H,8,26H2,(H2,27,31)(H,32,33). The minimum Gasteiger partial charge on any atom is -0.464 e. The van der Waals surface area contributed by atoms with Crippen LogP contribution in [-0.4, -0.2) is 31.6 Å². The lowest BCUT2D eigenvalue weighted by Crippen LogP contribution is -2.14. The average Bonchev–Trinajstić information content (AvgIpc) is 3.17. The number of amides is 1. The van der Waals surface area contributed by atoms with Crippen molar-refractivity contribution in [1.29, 1.82) is 0 Å². The van der Waals surface area contributed by atoms with Gasteiger partial charge in [0.1, 0.15) is 12.1 Å². The zero-order chi connectivity index (χ0) is 24.6. The number of halogens is 3. The Morgan fingerprint density at radius 1 is 1.06 bits per heavy atom. The van der Waals surface area contributed by atoms with E-state index in [9.17, 15) is 27.9 Å². The van der Waals surface area contributed by atoms with E-state index < -0.39 is 23.7 Å². The Kier molecular flexibility index (Phi) is 5.67. The molecule has 34 heavy (non-hydrogen) atoms. The number of nitrogens with two attached hydrogens (primary N) is 2. The fourth-order valence-electron chi connectivity index (χ4n) is 3.48. The van der Waals surface area contributed by atoms with Gasteiger partial charge < -0.3 is 21.3 Å². The lowest BCUT2D eigenvalue weighted by molar-refractivity contribution is -0.137. The topological polar surface area (TPSA) is 146 Å². The van der Waals surface area contributed by atoms with Crippen molar-refractivity contribution in [1.82, 2.24) is 14.5 Å². The third kappa shape index (κ3) is 4.26. The molecule has 9 nitrogen and oxygen atoms in total. The number of primary amides is 1. The summed E-state index contributed by atoms with van der Waals surface area (Å²) < 4.78 is 48.1. The predicted molar refractivity (Wildman–Crippen MR) is 114 cm³/mol. The van der Waals surface area contributed by atoms with E-state index in [0.29, 0.717) is 11.8 Å². The van der Waals surface area contributed by atoms with Crippen LogP contribution in [0.25, 0.3) is 22.0 Å². The third-order valence-electron chi connectivity index (χ3n) is 5.01. The van der Waals surface area contributed by atoms with E-state index in [1.54, 1.807) is 0 Å². The summed E-state index contributed by atoms with van der Waals surface area (Å²) in [6.07, 6.45) is -3.91. The summed E-state index contributed by atoms with van der Waals surface area (Å²) in [7, 11) is 0. The molecule has 0 fully saturated rings. The van der Waals surface area contributed by atoms with E-state index in [1.165, 1.54) is 30.6 Å². The Morgan fingerprint density at radius 3 is 2.47 bits per heavy atom. The van der Waals surface area contributed by atoms with E-state index in [1.807, 2.05) is 0 Å². The molecule has 4 aromatic rings. The number of alkyl halides is 3. The van der Waals surface area contributed by atoms with E-state index >= 15 is 0 Å². The lowest BCUT2D eigenvalue weighted by Gasteiger charge is -2.14. The highest BCUT2D eigenvalue weighted by atomic mass is 19.4. The Hall–Kier alpha value is -4.45. The predicted octanol–water partition coefficient (Wildman–Crippen LogP) is 3.99. The molecule has 2 aromatic heterocycles. The van der Waals surface area contributed by atoms with Crippen molar-refractivity contribution >= 4 is 22.9 Å². The van der Waals surface area contributed by atoms with Crippen LogP contribution in [0.2, 0.25) is 0 Å². The molecule has 0 bridgehead atoms. The van der Waals surface area contributed by atoms with Crippen molar-refractivity contribution in [3.05, 3.63) is 71.8 Å². The van der Waals surface area contributed by atoms with Crippen LogP contribution in [0.5, 0.6) is 11.6 Å². The first-order valence-electron chi connectivity index (χ1n) is 9.67. The smallest absolute Gasteiger partial charge is 0.417 e. The highest BCUT2D eigenvalue weighted by Crippen LogP contribution is 2.41. The molecule has 1 amide bonds. The second-order valence-corrected chi connectivity index (χ2v) is 7.15. The molecule has 5 N–H and O–H groups in total. The van der Waals surface area contributed by atoms with Crippen LogP contribution in [-0.2, 0) is 12.7 Å². The molecule has 0 aliphatic heterocycles. The molecule has 0 aliphatic rings. The van der Waals surface area contributed by atoms with E-state index in [4.69, 9.17) is 16.2 Å². The van der Waals surface area contributed by atoms with E-state index in [-0.39, 0.29) is 45.8 Å². The van der Waals surface area contributed by atoms with Gasteiger partial charge >= 0.3 is 12.3 Å². The lowest BCUT2D eigenvalue weighted by atomic mass is 9.96. The normalized spacial score (nSPS) is 11.5. The first-order valence-corrected chi connectivity index (χ1v) is 9.67. The Labute approximate surface area is 189 Å². The average molecular weight is 471 g/mol. The number of nitrogens with zero attached hydrogens (tertiary/aromatic N) is 3. The van der Waals surface area contributed by atoms with Gasteiger partial charge in [0, 0.05) is 35.3 Å². The van der Waals surface area contributed by atoms with Gasteiger partial charge in [0.25, 0.3) is 0 Å². The molecule has 0 aliphatic carbocycles. The number of hydrogen-bond donors (Lipinski definition) is 3. The number of aromatic nitrogens is 3. The number of carbonyl (C=O) groups excluding carboxylic acids is 1. The largest absolute Gasteiger partial charge is 0.464 e. The van der Waals surface area contributed by atoms with Crippen LogP contribution in [0.15, 0.2) is 55.0 Å². The van der Waals surface area contributed by atoms with Crippen molar-refractivity contribution in [2.24, 2.45) is 11.5 Å². The quantitative estimate of drug-likeness (QED) is 0.399. The Balaban J connectivity index is 1.91. The molecule has 2 aromatic carbocycles. The summed E-state index contributed by atoms with van der Waals surface area (Å²) in [4.78, 5) is 31.1. The van der Waals surface area contributed by atoms with Crippen LogP contribution in [0.3, 0.4) is 0 Å². The minimum absolute atomic E-state index is 0.0310. The minimum atomic E-state index is -4.84. The van der Waals surface area contributed by atoms with Gasteiger partial charge in [0.2, 0.25) is 11.8 Å². The van der Waals surface area contributed by atoms with Crippen molar-refractivity contribution < 1.29 is 32.6 Å². The SMILES string of the molecule is NCc1cc(Oc2ccc3c(c2)c(-c2ccc(C(N)=O)cc2C(F)(F)F)cn3C(=O)O)ncn1. The fourth-order valence-corrected chi connectivity index (χ4v) is 3.48. The Bertz CT molecular complexity index is 1430. The van der Waals surface area contributed by atoms with Crippen molar-refractivity contribution in [3.8, 4) is 22.8 Å². The molecule has 0 radical (unpaired) electrons. The molecule has 0 unspecified atom stereocenters. The van der Waals surface area contributed by atoms with Crippen LogP contribution in [0.1, 0.15) is 21.6 Å². The van der Waals surface area contributed by atoms with Crippen LogP contribution < -0.4 is 16.2 Å². The highest BCUT2D eigenvalue weighted by Gasteiger charge is 2.35. The van der Waals surface area contributed by atoms with Gasteiger partial charge in [-0.2, -0.15) is 13.2 Å². The summed E-state index contributed by atoms with van der Waals surface area (Å²) >= 11 is 0. The van der Waals surface area contributed by atoms with Gasteiger partial charge in [-0.1, -0.05) is 6.07 Å². The molecule has 0 atom stereocenters. The number of carboxylic acid groups (broad SMARTS) is 1. The third-order valence-corrected chi connectivity index (χ3v) is 5.01. The Morgan fingerprint density at radius 2 is 1.82 bits per heavy atom. The summed E-state index contributed by atoms with van der Waals surface area (Å²) in [5.41, 5.74) is 9.51. The number of rotatable bonds is 5. The molecule has 12 heteroatoms. The second-order valence-electron chi connectivity index (χ2n) is 7.15. The van der Waals surface area contributed by atoms with Gasteiger partial charge in [0.05, 0.1) is 16.8 Å². The molecule has 2 heterocycles. The highest BCUT2D eigenvalue weighted by molar-refractivity contribution is 6.02. The molecule has 0 saturated carbocycles.